The van der Waals surface area contributed by atoms with Gasteiger partial charge in [-0.3, -0.25) is 0 Å². The predicted molar refractivity (Wildman–Crippen MR) is 472 cm³/mol. The molecule has 0 aliphatic heterocycles. The molecule has 7 rings (SSSR count). The maximum Gasteiger partial charge on any atom is 0.122 e. The maximum atomic E-state index is 13.2. The van der Waals surface area contributed by atoms with Crippen LogP contribution < -0.4 is 42.1 Å². The largest absolute Gasteiger partial charge is 0.508 e. The average molecular weight is 1800 g/mol. The number of aromatic hydroxyl groups is 3. The van der Waals surface area contributed by atoms with Gasteiger partial charge in [-0.1, -0.05) is 39.3 Å². The van der Waals surface area contributed by atoms with Gasteiger partial charge < -0.3 is 43.7 Å². The standard InChI is InChI=1S/C26H40O5SeSi2.C22H30O5SeSi.C16H26O5Si.C14H22O4Si.C8H10O2/c1-28-20-31-24-18-22(29-13-15-33(2,3)4)17-21(19-32-23-11-9-8-10-12-23)25(24)26(27)30-14-16-34(5,6)7;1-24-16-27-20-14-18(26-11-12-29(3,4)5)13-17(21(20)22(23)25-2)15-28-19-9-7-6-8-10-19;1-12-9-13(20-7-8-22(4,5)6)10-14(21-11-18-2)15(12)16(17)19-3;1-10-8-11(18-6-7-19(3,4)5)9-12(15)13(10)14(16)17-2;1-5-3-7(9)4-8(10)6(5)2/h8-12,17-18H,13-16,19-20H2,1-7H3;6-10,13-14H,11-12,15-16H2,1-5H3;9-10H,7-8,11H2,1-6H3;8-9,15H,6-7H2,1-5H3;3-4,9-10H,1-2H3. The molecule has 0 bridgehead atoms. The summed E-state index contributed by atoms with van der Waals surface area (Å²) >= 11 is 0.323. The molecule has 7 aromatic rings. The average Bonchev–Trinajstić information content (AvgIpc) is 0.742. The molecule has 0 aromatic heterocycles. The van der Waals surface area contributed by atoms with Crippen molar-refractivity contribution in [2.24, 2.45) is 0 Å². The van der Waals surface area contributed by atoms with Crippen molar-refractivity contribution in [1.29, 1.82) is 0 Å². The van der Waals surface area contributed by atoms with Gasteiger partial charge in [-0.05, 0) is 80.2 Å². The molecule has 7 aromatic carbocycles. The van der Waals surface area contributed by atoms with Crippen LogP contribution in [0.15, 0.2) is 121 Å². The SMILES string of the molecule is COC(=O)c1c(C)cc(OCC[Si](C)(C)C)cc1O.COCOc1cc(OCC[Si](C)(C)C)cc(C)c1C(=O)OC.COCOc1cc(OCC[Si](C)(C)C)cc(C[Se]c2ccccc2)c1C(=O)OC.COCOc1cc(OCC[Si](C)(C)C)cc(C[Se]c2ccccc2)c1C(=O)OCC[Si](C)(C)C.Cc1cc(O)cc(O)c1C. The smallest absolute Gasteiger partial charge is 0.122 e. The molecule has 0 saturated carbocycles. The van der Waals surface area contributed by atoms with Gasteiger partial charge in [0, 0.05) is 41.5 Å². The van der Waals surface area contributed by atoms with E-state index in [0.29, 0.717) is 89.8 Å². The van der Waals surface area contributed by atoms with E-state index in [4.69, 9.17) is 71.8 Å². The predicted octanol–water partition coefficient (Wildman–Crippen LogP) is 17.5. The topological polar surface area (TPSA) is 258 Å². The van der Waals surface area contributed by atoms with Crippen LogP contribution in [-0.4, -0.2) is 206 Å². The first kappa shape index (κ1) is 101. The van der Waals surface area contributed by atoms with Crippen molar-refractivity contribution >= 4 is 103 Å². The summed E-state index contributed by atoms with van der Waals surface area (Å²) in [7, 11) is 2.65. The molecule has 0 atom stereocenters. The van der Waals surface area contributed by atoms with Gasteiger partial charge in [0.25, 0.3) is 0 Å². The monoisotopic (exact) mass is 1800 g/mol. The van der Waals surface area contributed by atoms with E-state index in [1.807, 2.05) is 75.4 Å². The molecule has 0 heterocycles. The number of rotatable bonds is 38. The molecule has 0 aliphatic rings. The Kier molecular flexibility index (Phi) is 44.2. The van der Waals surface area contributed by atoms with Gasteiger partial charge in [0.1, 0.15) is 45.6 Å². The van der Waals surface area contributed by atoms with Gasteiger partial charge in [-0.25, -0.2) is 9.59 Å². The summed E-state index contributed by atoms with van der Waals surface area (Å²) in [6.07, 6.45) is 0. The minimum Gasteiger partial charge on any atom is -0.508 e. The molecule has 21 nitrogen and oxygen atoms in total. The Hall–Kier alpha value is -7.58. The Labute approximate surface area is 696 Å². The zero-order chi connectivity index (χ0) is 85.6. The molecule has 3 N–H and O–H groups in total. The first-order chi connectivity index (χ1) is 53.4. The van der Waals surface area contributed by atoms with Crippen molar-refractivity contribution in [3.63, 3.8) is 0 Å². The molecule has 0 spiro atoms. The van der Waals surface area contributed by atoms with Crippen LogP contribution in [-0.2, 0) is 43.8 Å². The second-order valence-corrected chi connectivity index (χ2v) is 65.5. The summed E-state index contributed by atoms with van der Waals surface area (Å²) in [4.78, 5) is 49.2. The number of phenols is 3. The summed E-state index contributed by atoms with van der Waals surface area (Å²) in [6.45, 7) is 44.9. The summed E-state index contributed by atoms with van der Waals surface area (Å²) in [5.74, 6) is 2.46. The van der Waals surface area contributed by atoms with E-state index in [9.17, 15) is 24.3 Å². The van der Waals surface area contributed by atoms with Crippen LogP contribution in [0.4, 0.5) is 0 Å². The number of esters is 4. The summed E-state index contributed by atoms with van der Waals surface area (Å²) in [5, 5.41) is 29.4. The molecule has 0 fully saturated rings. The summed E-state index contributed by atoms with van der Waals surface area (Å²) in [6, 6.07) is 43.0. The van der Waals surface area contributed by atoms with E-state index < -0.39 is 58.3 Å². The van der Waals surface area contributed by atoms with Crippen molar-refractivity contribution in [3.05, 3.63) is 177 Å². The normalized spacial score (nSPS) is 11.3. The maximum absolute atomic E-state index is 13.2. The van der Waals surface area contributed by atoms with Crippen molar-refractivity contribution in [3.8, 4) is 57.5 Å². The Balaban J connectivity index is 0.000000384. The van der Waals surface area contributed by atoms with Crippen LogP contribution in [0.3, 0.4) is 0 Å². The van der Waals surface area contributed by atoms with Crippen molar-refractivity contribution < 1.29 is 101 Å². The number of hydrogen-bond acceptors (Lipinski definition) is 21. The quantitative estimate of drug-likeness (QED) is 0.0141. The van der Waals surface area contributed by atoms with Gasteiger partial charge >= 0.3 is 407 Å². The van der Waals surface area contributed by atoms with E-state index in [-0.39, 0.29) is 79.1 Å². The second kappa shape index (κ2) is 50.1. The molecule has 0 unspecified atom stereocenters. The van der Waals surface area contributed by atoms with Gasteiger partial charge in [0.2, 0.25) is 0 Å². The van der Waals surface area contributed by atoms with E-state index in [1.165, 1.54) is 49.5 Å². The van der Waals surface area contributed by atoms with Crippen molar-refractivity contribution in [1.82, 2.24) is 0 Å². The number of aryl methyl sites for hydroxylation is 3. The Morgan fingerprint density at radius 1 is 0.333 bits per heavy atom. The molecule has 0 aliphatic carbocycles. The van der Waals surface area contributed by atoms with Crippen LogP contribution >= 0.6 is 0 Å². The Morgan fingerprint density at radius 3 is 0.991 bits per heavy atom. The fraction of sp³-hybridized carbons (Fsp3) is 0.465. The van der Waals surface area contributed by atoms with Crippen LogP contribution in [0.2, 0.25) is 128 Å². The number of benzene rings is 7. The fourth-order valence-electron chi connectivity index (χ4n) is 9.92. The van der Waals surface area contributed by atoms with Crippen LogP contribution in [0.1, 0.15) is 74.8 Å². The molecular formula is C86H128O21Se2Si5. The molecule has 630 valence electrons. The molecule has 0 saturated heterocycles. The van der Waals surface area contributed by atoms with Gasteiger partial charge in [0.15, 0.2) is 6.79 Å². The third-order valence-electron chi connectivity index (χ3n) is 16.7. The molecule has 114 heavy (non-hydrogen) atoms. The van der Waals surface area contributed by atoms with Gasteiger partial charge in [-0.2, -0.15) is 0 Å². The van der Waals surface area contributed by atoms with Crippen LogP contribution in [0.25, 0.3) is 0 Å². The van der Waals surface area contributed by atoms with Crippen LogP contribution in [0, 0.1) is 27.7 Å². The van der Waals surface area contributed by atoms with Crippen LogP contribution in [0.5, 0.6) is 57.5 Å². The first-order valence-corrected chi connectivity index (χ1v) is 60.6. The minimum atomic E-state index is -1.31. The van der Waals surface area contributed by atoms with Gasteiger partial charge in [-0.15, -0.1) is 0 Å². The number of hydrogen-bond donors (Lipinski definition) is 3. The number of carbonyl (C=O) groups is 4. The van der Waals surface area contributed by atoms with E-state index >= 15 is 0 Å². The van der Waals surface area contributed by atoms with E-state index in [2.05, 4.69) is 127 Å². The van der Waals surface area contributed by atoms with Gasteiger partial charge in [0.05, 0.1) is 27.4 Å². The fourth-order valence-corrected chi connectivity index (χ4v) is 17.3. The Bertz CT molecular complexity index is 4050. The third-order valence-corrected chi connectivity index (χ3v) is 29.7. The third kappa shape index (κ3) is 39.8. The van der Waals surface area contributed by atoms with E-state index in [0.717, 1.165) is 74.4 Å². The molecule has 0 radical (unpaired) electrons. The number of phenolic OH excluding ortho intramolecular Hbond substituents is 3. The zero-order valence-corrected chi connectivity index (χ0v) is 80.6. The first-order valence-electron chi connectivity index (χ1n) is 37.9. The molecular weight excluding hydrogens is 1670 g/mol. The number of ether oxygens (including phenoxy) is 14. The second-order valence-electron chi connectivity index (χ2n) is 33.0. The van der Waals surface area contributed by atoms with E-state index in [1.54, 1.807) is 51.5 Å². The summed E-state index contributed by atoms with van der Waals surface area (Å²) < 4.78 is 78.5. The Morgan fingerprint density at radius 2 is 0.649 bits per heavy atom. The number of carbonyl (C=O) groups excluding carboxylic acids is 4. The van der Waals surface area contributed by atoms with Crippen molar-refractivity contribution in [2.45, 2.75) is 167 Å². The summed E-state index contributed by atoms with van der Waals surface area (Å²) in [5.41, 5.74) is 6.42. The minimum absolute atomic E-state index is 0.0472. The molecule has 28 heteroatoms. The number of methoxy groups -OCH3 is 6. The molecule has 0 amide bonds. The van der Waals surface area contributed by atoms with Crippen molar-refractivity contribution in [2.75, 3.05) is 96.1 Å². The zero-order valence-electron chi connectivity index (χ0n) is 72.2.